The molecule has 7 nitrogen and oxygen atoms in total. The number of aromatic nitrogens is 1. The van der Waals surface area contributed by atoms with Crippen LogP contribution in [0.4, 0.5) is 5.13 Å². The van der Waals surface area contributed by atoms with E-state index in [0.717, 1.165) is 4.88 Å². The molecule has 4 N–H and O–H groups in total. The summed E-state index contributed by atoms with van der Waals surface area (Å²) >= 11 is -0.996. The Labute approximate surface area is 139 Å². The molecule has 2 aromatic rings. The molecule has 9 heteroatoms. The number of carbonyl (C=O) groups excluding carboxylic acids is 1. The monoisotopic (exact) mass is 353 g/mol. The first-order chi connectivity index (χ1) is 10.9. The molecule has 1 amide bonds. The number of carbonyl (C=O) groups is 1. The Kier molecular flexibility index (Phi) is 5.48. The smallest absolute Gasteiger partial charge is 0.277 e. The number of anilines is 1. The lowest BCUT2D eigenvalue weighted by Crippen LogP contribution is -2.25. The highest BCUT2D eigenvalue weighted by atomic mass is 32.2. The van der Waals surface area contributed by atoms with Gasteiger partial charge in [-0.3, -0.25) is 10.1 Å². The van der Waals surface area contributed by atoms with Gasteiger partial charge < -0.3 is 15.0 Å². The normalized spacial score (nSPS) is 13.2. The Morgan fingerprint density at radius 2 is 2.04 bits per heavy atom. The van der Waals surface area contributed by atoms with Crippen LogP contribution in [0.1, 0.15) is 10.4 Å². The van der Waals surface area contributed by atoms with E-state index in [2.05, 4.69) is 15.6 Å². The van der Waals surface area contributed by atoms with Crippen molar-refractivity contribution in [3.63, 3.8) is 0 Å². The van der Waals surface area contributed by atoms with E-state index in [1.54, 1.807) is 18.3 Å². The zero-order valence-corrected chi connectivity index (χ0v) is 14.0. The van der Waals surface area contributed by atoms with Gasteiger partial charge in [0.1, 0.15) is 5.70 Å². The summed E-state index contributed by atoms with van der Waals surface area (Å²) < 4.78 is 20.6. The van der Waals surface area contributed by atoms with E-state index in [-0.39, 0.29) is 16.2 Å². The predicted molar refractivity (Wildman–Crippen MR) is 89.6 cm³/mol. The summed E-state index contributed by atoms with van der Waals surface area (Å²) in [4.78, 5) is 17.2. The van der Waals surface area contributed by atoms with E-state index in [1.807, 2.05) is 6.92 Å². The maximum Gasteiger partial charge on any atom is 0.277 e. The van der Waals surface area contributed by atoms with Crippen molar-refractivity contribution in [2.24, 2.45) is 0 Å². The van der Waals surface area contributed by atoms with E-state index < -0.39 is 22.7 Å². The predicted octanol–water partition coefficient (Wildman–Crippen LogP) is 2.12. The number of nitrogens with zero attached hydrogens (tertiary/aromatic N) is 1. The number of benzene rings is 1. The first-order valence-corrected chi connectivity index (χ1v) is 8.41. The third-order valence-corrected chi connectivity index (χ3v) is 4.45. The number of aliphatic hydroxyl groups is 1. The minimum atomic E-state index is -2.29. The van der Waals surface area contributed by atoms with Crippen LogP contribution in [-0.2, 0) is 15.9 Å². The largest absolute Gasteiger partial charge is 0.505 e. The van der Waals surface area contributed by atoms with Gasteiger partial charge >= 0.3 is 0 Å². The number of amides is 1. The van der Waals surface area contributed by atoms with Gasteiger partial charge in [-0.1, -0.05) is 12.1 Å². The van der Waals surface area contributed by atoms with Crippen molar-refractivity contribution in [3.8, 4) is 0 Å². The van der Waals surface area contributed by atoms with Crippen molar-refractivity contribution >= 4 is 39.2 Å². The zero-order chi connectivity index (χ0) is 17.0. The lowest BCUT2D eigenvalue weighted by molar-refractivity contribution is -0.113. The van der Waals surface area contributed by atoms with Crippen molar-refractivity contribution in [1.29, 1.82) is 0 Å². The minimum absolute atomic E-state index is 0.00985. The van der Waals surface area contributed by atoms with Crippen LogP contribution in [0.5, 0.6) is 0 Å². The summed E-state index contributed by atoms with van der Waals surface area (Å²) in [5.41, 5.74) is -0.0288. The summed E-state index contributed by atoms with van der Waals surface area (Å²) in [5, 5.41) is 15.9. The number of nitrogens with one attached hydrogen (secondary N) is 2. The van der Waals surface area contributed by atoms with Gasteiger partial charge in [-0.2, -0.15) is 0 Å². The van der Waals surface area contributed by atoms with Crippen LogP contribution >= 0.6 is 11.3 Å². The summed E-state index contributed by atoms with van der Waals surface area (Å²) in [6.07, 6.45) is 1.62. The molecule has 1 heterocycles. The maximum absolute atomic E-state index is 12.3. The van der Waals surface area contributed by atoms with Crippen LogP contribution in [0.25, 0.3) is 5.76 Å². The first-order valence-electron chi connectivity index (χ1n) is 6.49. The van der Waals surface area contributed by atoms with Gasteiger partial charge in [-0.05, 0) is 19.1 Å². The zero-order valence-electron chi connectivity index (χ0n) is 12.4. The fourth-order valence-electron chi connectivity index (χ4n) is 1.86. The molecule has 0 saturated carbocycles. The number of aryl methyl sites for hydroxylation is 1. The average Bonchev–Trinajstić information content (AvgIpc) is 2.92. The van der Waals surface area contributed by atoms with E-state index in [9.17, 15) is 18.7 Å². The Hall–Kier alpha value is -2.23. The van der Waals surface area contributed by atoms with Crippen molar-refractivity contribution in [2.75, 3.05) is 12.4 Å². The number of likely N-dealkylation sites (N-methyl/N-ethyl adjacent to an activating group) is 1. The average molecular weight is 353 g/mol. The Morgan fingerprint density at radius 3 is 2.61 bits per heavy atom. The molecule has 1 aromatic heterocycles. The van der Waals surface area contributed by atoms with Crippen LogP contribution in [-0.4, -0.2) is 31.8 Å². The van der Waals surface area contributed by atoms with E-state index >= 15 is 0 Å². The standard InChI is InChI=1S/C14H15N3O4S2/c1-8-7-16-14(22-8)17-13(19)11(15-2)12(18)9-5-3-4-6-10(9)23(20)21/h3-7,15,18H,1-2H3,(H,20,21)(H,16,17,19)/b12-11+. The van der Waals surface area contributed by atoms with Crippen molar-refractivity contribution in [3.05, 3.63) is 46.6 Å². The van der Waals surface area contributed by atoms with Crippen LogP contribution in [0.2, 0.25) is 0 Å². The molecule has 0 fully saturated rings. The Morgan fingerprint density at radius 1 is 1.35 bits per heavy atom. The quantitative estimate of drug-likeness (QED) is 0.372. The summed E-state index contributed by atoms with van der Waals surface area (Å²) in [7, 11) is 1.47. The molecule has 1 unspecified atom stereocenters. The van der Waals surface area contributed by atoms with Gasteiger partial charge in [0, 0.05) is 23.7 Å². The molecule has 2 rings (SSSR count). The lowest BCUT2D eigenvalue weighted by atomic mass is 10.1. The van der Waals surface area contributed by atoms with Crippen LogP contribution < -0.4 is 10.6 Å². The van der Waals surface area contributed by atoms with Crippen LogP contribution in [0.3, 0.4) is 0 Å². The molecule has 1 aromatic carbocycles. The number of hydrogen-bond donors (Lipinski definition) is 4. The van der Waals surface area contributed by atoms with Gasteiger partial charge in [0.15, 0.2) is 22.0 Å². The second-order valence-corrected chi connectivity index (χ2v) is 6.62. The highest BCUT2D eigenvalue weighted by Crippen LogP contribution is 2.23. The molecule has 0 radical (unpaired) electrons. The van der Waals surface area contributed by atoms with E-state index in [1.165, 1.54) is 30.5 Å². The third kappa shape index (κ3) is 3.95. The SMILES string of the molecule is CN/C(C(=O)Nc1ncc(C)s1)=C(/O)c1ccccc1S(=O)O. The lowest BCUT2D eigenvalue weighted by Gasteiger charge is -2.11. The Balaban J connectivity index is 2.39. The summed E-state index contributed by atoms with van der Waals surface area (Å²) in [6, 6.07) is 6.02. The molecular formula is C14H15N3O4S2. The van der Waals surface area contributed by atoms with Crippen molar-refractivity contribution < 1.29 is 18.7 Å². The molecular weight excluding hydrogens is 338 g/mol. The van der Waals surface area contributed by atoms with Gasteiger partial charge in [0.05, 0.1) is 4.90 Å². The highest BCUT2D eigenvalue weighted by Gasteiger charge is 2.20. The van der Waals surface area contributed by atoms with Crippen molar-refractivity contribution in [1.82, 2.24) is 10.3 Å². The fraction of sp³-hybridized carbons (Fsp3) is 0.143. The Bertz CT molecular complexity index is 786. The van der Waals surface area contributed by atoms with Crippen LogP contribution in [0.15, 0.2) is 41.1 Å². The summed E-state index contributed by atoms with van der Waals surface area (Å²) in [6.45, 7) is 1.85. The molecule has 0 spiro atoms. The number of aliphatic hydroxyl groups excluding tert-OH is 1. The molecule has 122 valence electrons. The second kappa shape index (κ2) is 7.36. The first kappa shape index (κ1) is 17.1. The summed E-state index contributed by atoms with van der Waals surface area (Å²) in [5.74, 6) is -1.02. The highest BCUT2D eigenvalue weighted by molar-refractivity contribution is 7.79. The maximum atomic E-state index is 12.3. The van der Waals surface area contributed by atoms with Crippen molar-refractivity contribution in [2.45, 2.75) is 11.8 Å². The molecule has 0 bridgehead atoms. The molecule has 0 aliphatic carbocycles. The van der Waals surface area contributed by atoms with Crippen LogP contribution in [0, 0.1) is 6.92 Å². The minimum Gasteiger partial charge on any atom is -0.505 e. The van der Waals surface area contributed by atoms with Gasteiger partial charge in [-0.25, -0.2) is 9.19 Å². The van der Waals surface area contributed by atoms with Gasteiger partial charge in [-0.15, -0.1) is 11.3 Å². The fourth-order valence-corrected chi connectivity index (χ4v) is 3.07. The number of rotatable bonds is 5. The molecule has 23 heavy (non-hydrogen) atoms. The topological polar surface area (TPSA) is 112 Å². The number of hydrogen-bond acceptors (Lipinski definition) is 6. The van der Waals surface area contributed by atoms with Gasteiger partial charge in [0.2, 0.25) is 0 Å². The van der Waals surface area contributed by atoms with E-state index in [0.29, 0.717) is 5.13 Å². The molecule has 1 atom stereocenters. The molecule has 0 aliphatic rings. The number of thiazole rings is 1. The second-order valence-electron chi connectivity index (χ2n) is 4.45. The van der Waals surface area contributed by atoms with E-state index in [4.69, 9.17) is 0 Å². The van der Waals surface area contributed by atoms with Gasteiger partial charge in [0.25, 0.3) is 5.91 Å². The third-order valence-electron chi connectivity index (χ3n) is 2.89. The molecule has 0 aliphatic heterocycles. The molecule has 0 saturated heterocycles.